The number of amides is 2. The molecule has 1 aromatic heterocycles. The largest absolute Gasteiger partial charge is 0.465 e. The minimum Gasteiger partial charge on any atom is -0.465 e. The highest BCUT2D eigenvalue weighted by molar-refractivity contribution is 7.92. The Morgan fingerprint density at radius 2 is 1.86 bits per heavy atom. The molecule has 1 aliphatic carbocycles. The number of aliphatic imine (C=N–C) groups is 1. The van der Waals surface area contributed by atoms with Crippen LogP contribution < -0.4 is 10.0 Å². The summed E-state index contributed by atoms with van der Waals surface area (Å²) in [6, 6.07) is 12.0. The lowest BCUT2D eigenvalue weighted by Gasteiger charge is -2.23. The van der Waals surface area contributed by atoms with Crippen LogP contribution in [0.4, 0.5) is 10.6 Å². The molecule has 0 saturated heterocycles. The van der Waals surface area contributed by atoms with Crippen molar-refractivity contribution in [3.05, 3.63) is 64.9 Å². The van der Waals surface area contributed by atoms with Gasteiger partial charge in [-0.05, 0) is 55.9 Å². The summed E-state index contributed by atoms with van der Waals surface area (Å²) >= 11 is 0. The Morgan fingerprint density at radius 1 is 1.12 bits per heavy atom. The third-order valence-corrected chi connectivity index (χ3v) is 9.67. The highest BCUT2D eigenvalue weighted by Crippen LogP contribution is 2.40. The number of unbranched alkanes of at least 4 members (excludes halogenated alkanes) is 1. The van der Waals surface area contributed by atoms with E-state index in [1.807, 2.05) is 12.1 Å². The van der Waals surface area contributed by atoms with E-state index in [1.165, 1.54) is 6.07 Å². The first-order valence-corrected chi connectivity index (χ1v) is 16.1. The number of hydrogen-bond donors (Lipinski definition) is 3. The molecule has 2 aliphatic rings. The third-order valence-electron chi connectivity index (χ3n) is 8.28. The van der Waals surface area contributed by atoms with Crippen molar-refractivity contribution in [3.63, 3.8) is 0 Å². The molecule has 1 fully saturated rings. The van der Waals surface area contributed by atoms with E-state index in [2.05, 4.69) is 22.1 Å². The number of rotatable bonds is 11. The summed E-state index contributed by atoms with van der Waals surface area (Å²) in [5.41, 5.74) is 2.24. The van der Waals surface area contributed by atoms with Gasteiger partial charge in [-0.25, -0.2) is 13.2 Å². The van der Waals surface area contributed by atoms with Crippen molar-refractivity contribution in [2.24, 2.45) is 4.99 Å². The Hall–Kier alpha value is -4.19. The van der Waals surface area contributed by atoms with E-state index >= 15 is 0 Å². The van der Waals surface area contributed by atoms with E-state index in [0.717, 1.165) is 56.3 Å². The van der Waals surface area contributed by atoms with Crippen LogP contribution in [0.2, 0.25) is 0 Å². The molecule has 3 N–H and O–H groups in total. The SMILES string of the molecule is CCCCC1=NC2(CCCC2)C(=O)N1Cc1ccc(-c2ccccc2S(=O)(=O)Nc2noc(C)c2C)c(CNC(=O)O)c1. The molecule has 12 heteroatoms. The molecule has 11 nitrogen and oxygen atoms in total. The minimum atomic E-state index is -4.09. The number of nitrogens with zero attached hydrogens (tertiary/aromatic N) is 3. The number of benzene rings is 2. The highest BCUT2D eigenvalue weighted by Gasteiger charge is 2.49. The molecule has 1 spiro atoms. The Kier molecular flexibility index (Phi) is 8.59. The summed E-state index contributed by atoms with van der Waals surface area (Å²) in [5, 5.41) is 15.6. The second-order valence-electron chi connectivity index (χ2n) is 11.2. The maximum atomic E-state index is 13.7. The molecule has 5 rings (SSSR count). The van der Waals surface area contributed by atoms with Gasteiger partial charge in [0, 0.05) is 24.1 Å². The Balaban J connectivity index is 1.50. The maximum Gasteiger partial charge on any atom is 0.404 e. The van der Waals surface area contributed by atoms with Crippen LogP contribution in [-0.4, -0.2) is 47.0 Å². The fourth-order valence-electron chi connectivity index (χ4n) is 5.82. The average molecular weight is 608 g/mol. The first kappa shape index (κ1) is 30.3. The summed E-state index contributed by atoms with van der Waals surface area (Å²) in [4.78, 5) is 31.9. The van der Waals surface area contributed by atoms with Crippen LogP contribution in [0.1, 0.15) is 74.3 Å². The summed E-state index contributed by atoms with van der Waals surface area (Å²) in [6.07, 6.45) is 4.92. The number of anilines is 1. The molecule has 0 atom stereocenters. The molecule has 43 heavy (non-hydrogen) atoms. The van der Waals surface area contributed by atoms with E-state index in [-0.39, 0.29) is 23.2 Å². The number of aryl methyl sites for hydroxylation is 1. The topological polar surface area (TPSA) is 154 Å². The number of amidine groups is 1. The zero-order valence-corrected chi connectivity index (χ0v) is 25.5. The Morgan fingerprint density at radius 3 is 2.53 bits per heavy atom. The predicted octanol–water partition coefficient (Wildman–Crippen LogP) is 5.77. The van der Waals surface area contributed by atoms with Crippen molar-refractivity contribution in [3.8, 4) is 11.1 Å². The number of aromatic nitrogens is 1. The summed E-state index contributed by atoms with van der Waals surface area (Å²) in [7, 11) is -4.09. The molecule has 2 amide bonds. The molecule has 0 unspecified atom stereocenters. The lowest BCUT2D eigenvalue weighted by molar-refractivity contribution is -0.131. The lowest BCUT2D eigenvalue weighted by Crippen LogP contribution is -2.40. The van der Waals surface area contributed by atoms with Crippen LogP contribution in [-0.2, 0) is 27.9 Å². The van der Waals surface area contributed by atoms with Gasteiger partial charge in [-0.2, -0.15) is 0 Å². The minimum absolute atomic E-state index is 0.00580. The van der Waals surface area contributed by atoms with Crippen LogP contribution in [0.3, 0.4) is 0 Å². The first-order chi connectivity index (χ1) is 20.5. The van der Waals surface area contributed by atoms with Crippen molar-refractivity contribution >= 4 is 33.7 Å². The zero-order chi connectivity index (χ0) is 30.8. The van der Waals surface area contributed by atoms with E-state index in [1.54, 1.807) is 43.0 Å². The average Bonchev–Trinajstić information content (AvgIpc) is 3.66. The van der Waals surface area contributed by atoms with Crippen LogP contribution in [0.25, 0.3) is 11.1 Å². The number of carbonyl (C=O) groups excluding carboxylic acids is 1. The second-order valence-corrected chi connectivity index (χ2v) is 12.9. The van der Waals surface area contributed by atoms with Crippen molar-refractivity contribution in [2.75, 3.05) is 4.72 Å². The lowest BCUT2D eigenvalue weighted by atomic mass is 9.96. The molecule has 228 valence electrons. The molecule has 1 aliphatic heterocycles. The van der Waals surface area contributed by atoms with E-state index in [0.29, 0.717) is 34.6 Å². The number of carbonyl (C=O) groups is 2. The fraction of sp³-hybridized carbons (Fsp3) is 0.419. The zero-order valence-electron chi connectivity index (χ0n) is 24.6. The third kappa shape index (κ3) is 6.15. The van der Waals surface area contributed by atoms with Gasteiger partial charge in [0.05, 0.1) is 11.4 Å². The van der Waals surface area contributed by atoms with Crippen molar-refractivity contribution < 1.29 is 27.6 Å². The Bertz CT molecular complexity index is 1670. The second kappa shape index (κ2) is 12.2. The standard InChI is InChI=1S/C31H37N5O6S/c1-4-5-12-27-33-31(15-8-9-16-31)29(37)36(27)19-22-13-14-24(23(17-22)18-32-30(38)39)25-10-6-7-11-26(25)43(40,41)35-28-20(2)21(3)42-34-28/h6-7,10-11,13-14,17,32H,4-5,8-9,12,15-16,18-19H2,1-3H3,(H,34,35)(H,38,39). The van der Waals surface area contributed by atoms with E-state index < -0.39 is 21.7 Å². The summed E-state index contributed by atoms with van der Waals surface area (Å²) in [6.45, 7) is 5.75. The number of sulfonamides is 1. The summed E-state index contributed by atoms with van der Waals surface area (Å²) in [5.74, 6) is 1.45. The maximum absolute atomic E-state index is 13.7. The van der Waals surface area contributed by atoms with Crippen LogP contribution in [0.5, 0.6) is 0 Å². The number of nitrogens with one attached hydrogen (secondary N) is 2. The summed E-state index contributed by atoms with van der Waals surface area (Å²) < 4.78 is 34.7. The molecule has 2 aromatic carbocycles. The van der Waals surface area contributed by atoms with Gasteiger partial charge in [0.15, 0.2) is 5.82 Å². The molecular weight excluding hydrogens is 570 g/mol. The van der Waals surface area contributed by atoms with Gasteiger partial charge < -0.3 is 14.9 Å². The monoisotopic (exact) mass is 607 g/mol. The van der Waals surface area contributed by atoms with Crippen LogP contribution in [0, 0.1) is 13.8 Å². The normalized spacial score (nSPS) is 16.1. The fourth-order valence-corrected chi connectivity index (χ4v) is 7.10. The van der Waals surface area contributed by atoms with E-state index in [4.69, 9.17) is 9.52 Å². The van der Waals surface area contributed by atoms with Crippen molar-refractivity contribution in [2.45, 2.75) is 89.2 Å². The van der Waals surface area contributed by atoms with Crippen molar-refractivity contribution in [1.29, 1.82) is 0 Å². The van der Waals surface area contributed by atoms with E-state index in [9.17, 15) is 23.1 Å². The van der Waals surface area contributed by atoms with Gasteiger partial charge in [-0.1, -0.05) is 67.7 Å². The van der Waals surface area contributed by atoms with Crippen LogP contribution in [0.15, 0.2) is 56.9 Å². The van der Waals surface area contributed by atoms with Crippen molar-refractivity contribution in [1.82, 2.24) is 15.4 Å². The quantitative estimate of drug-likeness (QED) is 0.250. The molecule has 2 heterocycles. The Labute approximate surface area is 251 Å². The number of carboxylic acid groups (broad SMARTS) is 1. The van der Waals surface area contributed by atoms with Gasteiger partial charge in [0.2, 0.25) is 0 Å². The molecule has 0 bridgehead atoms. The molecule has 3 aromatic rings. The predicted molar refractivity (Wildman–Crippen MR) is 162 cm³/mol. The molecular formula is C31H37N5O6S. The molecule has 0 radical (unpaired) electrons. The van der Waals surface area contributed by atoms with Gasteiger partial charge >= 0.3 is 6.09 Å². The van der Waals surface area contributed by atoms with Gasteiger partial charge in [-0.3, -0.25) is 19.4 Å². The van der Waals surface area contributed by atoms with Gasteiger partial charge in [0.1, 0.15) is 17.1 Å². The highest BCUT2D eigenvalue weighted by atomic mass is 32.2. The van der Waals surface area contributed by atoms with Gasteiger partial charge in [0.25, 0.3) is 15.9 Å². The van der Waals surface area contributed by atoms with Gasteiger partial charge in [-0.15, -0.1) is 0 Å². The number of hydrogen-bond acceptors (Lipinski definition) is 7. The van der Waals surface area contributed by atoms with Crippen LogP contribution >= 0.6 is 0 Å². The first-order valence-electron chi connectivity index (χ1n) is 14.6. The smallest absolute Gasteiger partial charge is 0.404 e. The molecule has 1 saturated carbocycles.